The van der Waals surface area contributed by atoms with Gasteiger partial charge in [0, 0.05) is 13.0 Å². The molecule has 0 aromatic heterocycles. The molecule has 0 saturated heterocycles. The summed E-state index contributed by atoms with van der Waals surface area (Å²) >= 11 is 0. The maximum Gasteiger partial charge on any atom is 0.407 e. The Hall–Kier alpha value is -1.45. The van der Waals surface area contributed by atoms with Crippen molar-refractivity contribution in [2.45, 2.75) is 193 Å². The summed E-state index contributed by atoms with van der Waals surface area (Å²) in [5.41, 5.74) is 0. The number of rotatable bonds is 39. The van der Waals surface area contributed by atoms with Crippen molar-refractivity contribution >= 4 is 19.9 Å². The molecule has 0 bridgehead atoms. The Labute approximate surface area is 326 Å². The lowest BCUT2D eigenvalue weighted by atomic mass is 10.0. The van der Waals surface area contributed by atoms with Crippen molar-refractivity contribution in [2.75, 3.05) is 54.1 Å². The standard InChI is InChI=1S/C42H83N2O8P/c1-6-8-10-12-14-16-18-20-21-23-25-27-29-31-33-35-43-42(46)52-40(39-51-53(47,48)50-37-36-44(3,4)5)38-49-41(45)34-32-30-28-26-24-22-19-17-15-13-11-9-7-2/h16,18,40H,6-15,17,19-39H2,1-5H3,(H-,43,46,47,48)/t40-/m1/s1. The van der Waals surface area contributed by atoms with E-state index >= 15 is 0 Å². The maximum absolute atomic E-state index is 12.5. The fraction of sp³-hybridized carbons (Fsp3) is 0.905. The van der Waals surface area contributed by atoms with Gasteiger partial charge < -0.3 is 33.2 Å². The number of unbranched alkanes of at least 4 members (excludes halogenated alkanes) is 23. The van der Waals surface area contributed by atoms with Gasteiger partial charge >= 0.3 is 12.1 Å². The van der Waals surface area contributed by atoms with E-state index in [4.69, 9.17) is 18.5 Å². The van der Waals surface area contributed by atoms with Crippen LogP contribution in [0.25, 0.3) is 0 Å². The van der Waals surface area contributed by atoms with Crippen molar-refractivity contribution in [3.63, 3.8) is 0 Å². The summed E-state index contributed by atoms with van der Waals surface area (Å²) in [6, 6.07) is 0. The van der Waals surface area contributed by atoms with Gasteiger partial charge in [0.25, 0.3) is 7.82 Å². The zero-order valence-electron chi connectivity index (χ0n) is 35.0. The number of ether oxygens (including phenoxy) is 2. The lowest BCUT2D eigenvalue weighted by molar-refractivity contribution is -0.870. The molecule has 0 aromatic rings. The Balaban J connectivity index is 4.34. The summed E-state index contributed by atoms with van der Waals surface area (Å²) in [7, 11) is 1.13. The molecule has 0 aliphatic carbocycles. The van der Waals surface area contributed by atoms with Crippen LogP contribution in [0.1, 0.15) is 187 Å². The molecule has 0 rings (SSSR count). The molecule has 0 spiro atoms. The van der Waals surface area contributed by atoms with Crippen LogP contribution in [0.15, 0.2) is 12.2 Å². The Morgan fingerprint density at radius 3 is 1.60 bits per heavy atom. The molecule has 53 heavy (non-hydrogen) atoms. The molecule has 0 radical (unpaired) electrons. The van der Waals surface area contributed by atoms with Gasteiger partial charge in [-0.1, -0.05) is 154 Å². The minimum absolute atomic E-state index is 0.0407. The van der Waals surface area contributed by atoms with Crippen molar-refractivity contribution in [1.82, 2.24) is 5.32 Å². The third-order valence-corrected chi connectivity index (χ3v) is 10.3. The van der Waals surface area contributed by atoms with Gasteiger partial charge in [-0.15, -0.1) is 0 Å². The number of carbonyl (C=O) groups is 2. The number of esters is 1. The van der Waals surface area contributed by atoms with E-state index in [2.05, 4.69) is 31.3 Å². The van der Waals surface area contributed by atoms with Crippen molar-refractivity contribution < 1.29 is 42.1 Å². The number of hydrogen-bond donors (Lipinski definition) is 1. The van der Waals surface area contributed by atoms with Crippen LogP contribution in [-0.4, -0.2) is 76.7 Å². The lowest BCUT2D eigenvalue weighted by Gasteiger charge is -2.28. The number of nitrogens with one attached hydrogen (secondary N) is 1. The number of nitrogens with zero attached hydrogens (tertiary/aromatic N) is 1. The van der Waals surface area contributed by atoms with Crippen LogP contribution in [0.2, 0.25) is 0 Å². The van der Waals surface area contributed by atoms with E-state index < -0.39 is 32.6 Å². The van der Waals surface area contributed by atoms with Gasteiger partial charge in [-0.3, -0.25) is 9.36 Å². The molecular weight excluding hydrogens is 691 g/mol. The lowest BCUT2D eigenvalue weighted by Crippen LogP contribution is -2.38. The van der Waals surface area contributed by atoms with E-state index in [1.54, 1.807) is 0 Å². The molecule has 10 nitrogen and oxygen atoms in total. The molecular formula is C42H83N2O8P. The molecule has 11 heteroatoms. The monoisotopic (exact) mass is 775 g/mol. The van der Waals surface area contributed by atoms with Gasteiger partial charge in [-0.25, -0.2) is 4.79 Å². The van der Waals surface area contributed by atoms with Gasteiger partial charge in [0.05, 0.1) is 27.7 Å². The van der Waals surface area contributed by atoms with Crippen molar-refractivity contribution in [3.05, 3.63) is 12.2 Å². The second-order valence-corrected chi connectivity index (χ2v) is 17.2. The third kappa shape index (κ3) is 40.0. The van der Waals surface area contributed by atoms with Crippen LogP contribution in [0.4, 0.5) is 4.79 Å². The van der Waals surface area contributed by atoms with Crippen LogP contribution >= 0.6 is 7.82 Å². The molecule has 0 aliphatic heterocycles. The highest BCUT2D eigenvalue weighted by Crippen LogP contribution is 2.38. The van der Waals surface area contributed by atoms with E-state index in [1.165, 1.54) is 128 Å². The second kappa shape index (κ2) is 36.2. The van der Waals surface area contributed by atoms with Crippen molar-refractivity contribution in [1.29, 1.82) is 0 Å². The van der Waals surface area contributed by atoms with Crippen LogP contribution in [0.5, 0.6) is 0 Å². The minimum atomic E-state index is -4.64. The summed E-state index contributed by atoms with van der Waals surface area (Å²) in [5, 5.41) is 2.73. The molecule has 1 N–H and O–H groups in total. The predicted octanol–water partition coefficient (Wildman–Crippen LogP) is 11.0. The number of hydrogen-bond acceptors (Lipinski definition) is 8. The first-order chi connectivity index (χ1) is 25.5. The van der Waals surface area contributed by atoms with Gasteiger partial charge in [-0.2, -0.15) is 0 Å². The zero-order valence-corrected chi connectivity index (χ0v) is 35.9. The zero-order chi connectivity index (χ0) is 39.3. The van der Waals surface area contributed by atoms with Crippen molar-refractivity contribution in [3.8, 4) is 0 Å². The summed E-state index contributed by atoms with van der Waals surface area (Å²) in [5.74, 6) is -0.402. The first-order valence-corrected chi connectivity index (χ1v) is 23.1. The first-order valence-electron chi connectivity index (χ1n) is 21.6. The number of quaternary nitrogens is 1. The van der Waals surface area contributed by atoms with Crippen LogP contribution in [0, 0.1) is 0 Å². The highest BCUT2D eigenvalue weighted by atomic mass is 31.2. The number of phosphoric ester groups is 1. The summed E-state index contributed by atoms with van der Waals surface area (Å²) in [6.45, 7) is 4.57. The smallest absolute Gasteiger partial charge is 0.407 e. The Kier molecular flexibility index (Phi) is 35.2. The molecule has 0 fully saturated rings. The number of carbonyl (C=O) groups excluding carboxylic acids is 2. The topological polar surface area (TPSA) is 123 Å². The van der Waals surface area contributed by atoms with Gasteiger partial charge in [0.1, 0.15) is 19.8 Å². The molecule has 0 saturated carbocycles. The molecule has 0 heterocycles. The largest absolute Gasteiger partial charge is 0.756 e. The molecule has 0 aliphatic rings. The fourth-order valence-electron chi connectivity index (χ4n) is 5.88. The summed E-state index contributed by atoms with van der Waals surface area (Å²) in [4.78, 5) is 37.3. The summed E-state index contributed by atoms with van der Waals surface area (Å²) < 4.78 is 33.7. The molecule has 1 amide bonds. The van der Waals surface area contributed by atoms with Crippen LogP contribution in [0.3, 0.4) is 0 Å². The Bertz CT molecular complexity index is 927. The van der Waals surface area contributed by atoms with E-state index in [0.717, 1.165) is 38.5 Å². The van der Waals surface area contributed by atoms with E-state index in [-0.39, 0.29) is 19.6 Å². The normalized spacial score (nSPS) is 13.6. The predicted molar refractivity (Wildman–Crippen MR) is 217 cm³/mol. The quantitative estimate of drug-likeness (QED) is 0.0215. The highest BCUT2D eigenvalue weighted by Gasteiger charge is 2.21. The van der Waals surface area contributed by atoms with Crippen LogP contribution in [-0.2, 0) is 27.9 Å². The van der Waals surface area contributed by atoms with Crippen LogP contribution < -0.4 is 10.2 Å². The average molecular weight is 775 g/mol. The Morgan fingerprint density at radius 1 is 0.642 bits per heavy atom. The van der Waals surface area contributed by atoms with Gasteiger partial charge in [0.15, 0.2) is 6.10 Å². The molecule has 314 valence electrons. The van der Waals surface area contributed by atoms with E-state index in [0.29, 0.717) is 17.6 Å². The molecule has 2 atom stereocenters. The first kappa shape index (κ1) is 51.5. The molecule has 0 aromatic carbocycles. The number of allylic oxidation sites excluding steroid dienone is 2. The van der Waals surface area contributed by atoms with E-state index in [1.807, 2.05) is 21.1 Å². The fourth-order valence-corrected chi connectivity index (χ4v) is 6.61. The minimum Gasteiger partial charge on any atom is -0.756 e. The highest BCUT2D eigenvalue weighted by molar-refractivity contribution is 7.45. The SMILES string of the molecule is CCCCCCC=CCCCCCCCCCNC(=O)O[C@H](COC(=O)CCCCCCCCCCCCCCC)COP(=O)([O-])OCC[N+](C)(C)C. The number of alkyl carbamates (subject to hydrolysis) is 1. The number of amides is 1. The van der Waals surface area contributed by atoms with Crippen molar-refractivity contribution in [2.24, 2.45) is 0 Å². The van der Waals surface area contributed by atoms with Gasteiger partial charge in [0.2, 0.25) is 0 Å². The summed E-state index contributed by atoms with van der Waals surface area (Å²) in [6.07, 6.45) is 34.4. The molecule has 1 unspecified atom stereocenters. The Morgan fingerprint density at radius 2 is 1.09 bits per heavy atom. The average Bonchev–Trinajstić information content (AvgIpc) is 3.10. The third-order valence-electron chi connectivity index (χ3n) is 9.33. The number of likely N-dealkylation sites (N-methyl/N-ethyl adjacent to an activating group) is 1. The second-order valence-electron chi connectivity index (χ2n) is 15.8. The van der Waals surface area contributed by atoms with E-state index in [9.17, 15) is 19.0 Å². The maximum atomic E-state index is 12.5. The number of phosphoric acid groups is 1. The van der Waals surface area contributed by atoms with Gasteiger partial charge in [-0.05, 0) is 38.5 Å².